The summed E-state index contributed by atoms with van der Waals surface area (Å²) in [6, 6.07) is 11.0. The maximum atomic E-state index is 12.4. The molecule has 2 aromatic rings. The maximum Gasteiger partial charge on any atom is 0.516 e. The molecule has 0 unspecified atom stereocenters. The van der Waals surface area contributed by atoms with Gasteiger partial charge in [-0.1, -0.05) is 69.9 Å². The summed E-state index contributed by atoms with van der Waals surface area (Å²) in [5, 5.41) is 7.35. The molecule has 10 nitrogen and oxygen atoms in total. The third-order valence-corrected chi connectivity index (χ3v) is 7.21. The molecular weight excluding hydrogens is 689 g/mol. The van der Waals surface area contributed by atoms with Crippen molar-refractivity contribution in [1.29, 1.82) is 0 Å². The SMILES string of the molecule is C/C(=N\OC/C=C/Cl)c1ccccc1NS(=O)(=O)C(F)(F)F.C/C(=N\OC/C=C\Cl)c1ccccc1NS(=O)(=O)C(F)(F)F. The van der Waals surface area contributed by atoms with Crippen molar-refractivity contribution in [3.8, 4) is 0 Å². The molecule has 0 saturated carbocycles. The first kappa shape index (κ1) is 38.5. The van der Waals surface area contributed by atoms with E-state index < -0.39 is 31.1 Å². The zero-order valence-corrected chi connectivity index (χ0v) is 25.7. The molecule has 20 heteroatoms. The van der Waals surface area contributed by atoms with Gasteiger partial charge in [-0.2, -0.15) is 43.2 Å². The Bertz CT molecular complexity index is 1460. The minimum absolute atomic E-state index is 0.0668. The van der Waals surface area contributed by atoms with Crippen molar-refractivity contribution in [2.75, 3.05) is 22.7 Å². The molecule has 0 bridgehead atoms. The summed E-state index contributed by atoms with van der Waals surface area (Å²) in [6.45, 7) is 3.06. The topological polar surface area (TPSA) is 136 Å². The van der Waals surface area contributed by atoms with Gasteiger partial charge in [0.15, 0.2) is 0 Å². The van der Waals surface area contributed by atoms with Gasteiger partial charge in [-0.25, -0.2) is 0 Å². The van der Waals surface area contributed by atoms with Gasteiger partial charge in [0, 0.05) is 22.2 Å². The van der Waals surface area contributed by atoms with Gasteiger partial charge in [-0.3, -0.25) is 9.44 Å². The fourth-order valence-corrected chi connectivity index (χ4v) is 4.02. The van der Waals surface area contributed by atoms with E-state index in [1.807, 2.05) is 0 Å². The molecule has 0 spiro atoms. The maximum absolute atomic E-state index is 12.4. The minimum atomic E-state index is -5.51. The lowest BCUT2D eigenvalue weighted by atomic mass is 10.1. The number of anilines is 2. The zero-order valence-electron chi connectivity index (χ0n) is 22.5. The van der Waals surface area contributed by atoms with Crippen molar-refractivity contribution in [2.45, 2.75) is 24.9 Å². The highest BCUT2D eigenvalue weighted by atomic mass is 35.5. The monoisotopic (exact) mass is 712 g/mol. The van der Waals surface area contributed by atoms with Gasteiger partial charge in [0.1, 0.15) is 13.2 Å². The minimum Gasteiger partial charge on any atom is -0.391 e. The van der Waals surface area contributed by atoms with Crippen molar-refractivity contribution in [3.05, 3.63) is 82.9 Å². The lowest BCUT2D eigenvalue weighted by Gasteiger charge is -2.13. The fraction of sp³-hybridized carbons (Fsp3) is 0.250. The average molecular weight is 714 g/mol. The number of nitrogens with one attached hydrogen (secondary N) is 2. The molecule has 244 valence electrons. The number of alkyl halides is 6. The summed E-state index contributed by atoms with van der Waals surface area (Å²) in [4.78, 5) is 9.72. The smallest absolute Gasteiger partial charge is 0.391 e. The van der Waals surface area contributed by atoms with Gasteiger partial charge >= 0.3 is 31.1 Å². The highest BCUT2D eigenvalue weighted by molar-refractivity contribution is 7.93. The Kier molecular flexibility index (Phi) is 15.0. The van der Waals surface area contributed by atoms with Crippen LogP contribution < -0.4 is 9.44 Å². The second kappa shape index (κ2) is 17.1. The van der Waals surface area contributed by atoms with E-state index in [4.69, 9.17) is 32.9 Å². The average Bonchev–Trinajstić information content (AvgIpc) is 2.92. The van der Waals surface area contributed by atoms with Gasteiger partial charge in [0.25, 0.3) is 0 Å². The second-order valence-electron chi connectivity index (χ2n) is 7.86. The summed E-state index contributed by atoms with van der Waals surface area (Å²) in [7, 11) is -11.0. The molecular formula is C24H24Cl2F6N4O6S2. The van der Waals surface area contributed by atoms with Crippen LogP contribution in [0.25, 0.3) is 0 Å². The van der Waals surface area contributed by atoms with Crippen molar-refractivity contribution in [3.63, 3.8) is 0 Å². The van der Waals surface area contributed by atoms with Crippen LogP contribution in [0.3, 0.4) is 0 Å². The van der Waals surface area contributed by atoms with E-state index in [9.17, 15) is 43.2 Å². The summed E-state index contributed by atoms with van der Waals surface area (Å²) >= 11 is 10.6. The zero-order chi connectivity index (χ0) is 33.6. The second-order valence-corrected chi connectivity index (χ2v) is 11.7. The van der Waals surface area contributed by atoms with Crippen LogP contribution >= 0.6 is 23.2 Å². The number of hydrogen-bond acceptors (Lipinski definition) is 8. The Balaban J connectivity index is 0.000000440. The molecule has 0 aromatic heterocycles. The molecule has 0 heterocycles. The normalized spacial score (nSPS) is 13.4. The van der Waals surface area contributed by atoms with E-state index in [2.05, 4.69) is 10.3 Å². The molecule has 0 radical (unpaired) electrons. The van der Waals surface area contributed by atoms with Crippen molar-refractivity contribution < 1.29 is 52.9 Å². The first-order valence-corrected chi connectivity index (χ1v) is 15.4. The first-order chi connectivity index (χ1) is 20.4. The molecule has 0 aliphatic carbocycles. The van der Waals surface area contributed by atoms with E-state index in [0.29, 0.717) is 0 Å². The van der Waals surface area contributed by atoms with Gasteiger partial charge in [-0.05, 0) is 38.1 Å². The number of rotatable bonds is 12. The van der Waals surface area contributed by atoms with Crippen molar-refractivity contribution >= 4 is 66.0 Å². The third-order valence-electron chi connectivity index (χ3n) is 4.65. The Labute approximate surface area is 259 Å². The predicted molar refractivity (Wildman–Crippen MR) is 156 cm³/mol. The van der Waals surface area contributed by atoms with E-state index in [1.165, 1.54) is 95.0 Å². The van der Waals surface area contributed by atoms with E-state index in [0.717, 1.165) is 0 Å². The summed E-state index contributed by atoms with van der Waals surface area (Å²) in [5.41, 5.74) is -8.18. The summed E-state index contributed by atoms with van der Waals surface area (Å²) in [5.74, 6) is 0. The predicted octanol–water partition coefficient (Wildman–Crippen LogP) is 6.88. The Morgan fingerprint density at radius 2 is 1.02 bits per heavy atom. The number of halogens is 8. The van der Waals surface area contributed by atoms with Crippen LogP contribution in [0.2, 0.25) is 0 Å². The van der Waals surface area contributed by atoms with Crippen LogP contribution in [0.4, 0.5) is 37.7 Å². The molecule has 44 heavy (non-hydrogen) atoms. The van der Waals surface area contributed by atoms with Gasteiger partial charge in [0.05, 0.1) is 22.8 Å². The molecule has 0 aliphatic heterocycles. The van der Waals surface area contributed by atoms with Crippen molar-refractivity contribution in [1.82, 2.24) is 0 Å². The number of nitrogens with zero attached hydrogens (tertiary/aromatic N) is 2. The molecule has 0 atom stereocenters. The third kappa shape index (κ3) is 12.3. The molecule has 0 fully saturated rings. The van der Waals surface area contributed by atoms with Crippen LogP contribution in [0, 0.1) is 0 Å². The Morgan fingerprint density at radius 3 is 1.32 bits per heavy atom. The van der Waals surface area contributed by atoms with Gasteiger partial charge < -0.3 is 9.68 Å². The Hall–Kier alpha value is -3.48. The van der Waals surface area contributed by atoms with Crippen LogP contribution in [0.5, 0.6) is 0 Å². The standard InChI is InChI=1S/2C12H12ClF3N2O3S/c2*1-9(17-21-8-4-7-13)10-5-2-3-6-11(10)18-22(19,20)12(14,15)16/h2*2-7,18H,8H2,1H3/b7-4+,17-9+;7-4-,17-9+. The summed E-state index contributed by atoms with van der Waals surface area (Å²) in [6.07, 6.45) is 2.91. The van der Waals surface area contributed by atoms with Crippen LogP contribution in [-0.2, 0) is 29.7 Å². The molecule has 0 saturated heterocycles. The molecule has 0 amide bonds. The number of sulfonamides is 2. The molecule has 2 rings (SSSR count). The largest absolute Gasteiger partial charge is 0.516 e. The highest BCUT2D eigenvalue weighted by Gasteiger charge is 2.47. The molecule has 2 aromatic carbocycles. The summed E-state index contributed by atoms with van der Waals surface area (Å²) < 4.78 is 122. The lowest BCUT2D eigenvalue weighted by Crippen LogP contribution is -2.30. The number of benzene rings is 2. The molecule has 0 aliphatic rings. The quantitative estimate of drug-likeness (QED) is 0.107. The van der Waals surface area contributed by atoms with E-state index >= 15 is 0 Å². The molecule has 2 N–H and O–H groups in total. The van der Waals surface area contributed by atoms with Crippen LogP contribution in [-0.4, -0.2) is 52.5 Å². The van der Waals surface area contributed by atoms with Crippen LogP contribution in [0.15, 0.2) is 82.1 Å². The lowest BCUT2D eigenvalue weighted by molar-refractivity contribution is -0.0435. The number of para-hydroxylation sites is 2. The van der Waals surface area contributed by atoms with E-state index in [-0.39, 0.29) is 47.1 Å². The number of hydrogen-bond donors (Lipinski definition) is 2. The van der Waals surface area contributed by atoms with Crippen molar-refractivity contribution in [2.24, 2.45) is 10.3 Å². The highest BCUT2D eigenvalue weighted by Crippen LogP contribution is 2.28. The first-order valence-electron chi connectivity index (χ1n) is 11.6. The Morgan fingerprint density at radius 1 is 0.705 bits per heavy atom. The fourth-order valence-electron chi connectivity index (χ4n) is 2.71. The van der Waals surface area contributed by atoms with Gasteiger partial charge in [0.2, 0.25) is 0 Å². The number of oxime groups is 2. The van der Waals surface area contributed by atoms with E-state index in [1.54, 1.807) is 0 Å². The van der Waals surface area contributed by atoms with Crippen LogP contribution in [0.1, 0.15) is 25.0 Å². The van der Waals surface area contributed by atoms with Gasteiger partial charge in [-0.15, -0.1) is 0 Å².